The Labute approximate surface area is 203 Å². The highest BCUT2D eigenvalue weighted by Crippen LogP contribution is 2.38. The number of hydrogen-bond acceptors (Lipinski definition) is 5. The Balaban J connectivity index is 1.47. The number of benzene rings is 1. The number of alkyl halides is 3. The fourth-order valence-corrected chi connectivity index (χ4v) is 6.68. The third-order valence-corrected chi connectivity index (χ3v) is 8.90. The van der Waals surface area contributed by atoms with Crippen LogP contribution in [0.1, 0.15) is 46.8 Å². The van der Waals surface area contributed by atoms with Crippen molar-refractivity contribution < 1.29 is 26.4 Å². The van der Waals surface area contributed by atoms with Gasteiger partial charge in [-0.2, -0.15) is 13.2 Å². The van der Waals surface area contributed by atoms with Crippen molar-refractivity contribution in [2.45, 2.75) is 57.8 Å². The van der Waals surface area contributed by atoms with E-state index in [-0.39, 0.29) is 36.1 Å². The van der Waals surface area contributed by atoms with E-state index in [2.05, 4.69) is 36.3 Å². The molecule has 0 saturated carbocycles. The maximum Gasteiger partial charge on any atom is 0.414 e. The monoisotopic (exact) mass is 509 g/mol. The summed E-state index contributed by atoms with van der Waals surface area (Å²) in [6.45, 7) is 4.16. The molecule has 0 bridgehead atoms. The van der Waals surface area contributed by atoms with Crippen molar-refractivity contribution in [2.75, 3.05) is 23.9 Å². The number of rotatable bonds is 5. The lowest BCUT2D eigenvalue weighted by Gasteiger charge is -2.33. The predicted molar refractivity (Wildman–Crippen MR) is 128 cm³/mol. The molecule has 35 heavy (non-hydrogen) atoms. The van der Waals surface area contributed by atoms with Crippen LogP contribution in [0.25, 0.3) is 0 Å². The van der Waals surface area contributed by atoms with Crippen molar-refractivity contribution in [3.63, 3.8) is 0 Å². The molecule has 1 atom stereocenters. The molecule has 10 heteroatoms. The average Bonchev–Trinajstić information content (AvgIpc) is 3.21. The van der Waals surface area contributed by atoms with Crippen LogP contribution in [0.15, 0.2) is 30.5 Å². The summed E-state index contributed by atoms with van der Waals surface area (Å²) in [5.74, 6) is -1.82. The number of anilines is 1. The normalized spacial score (nSPS) is 19.3. The Hall–Kier alpha value is -2.62. The number of halogens is 3. The van der Waals surface area contributed by atoms with Gasteiger partial charge in [0.25, 0.3) is 0 Å². The zero-order chi connectivity index (χ0) is 25.5. The molecule has 4 rings (SSSR count). The molecule has 0 spiro atoms. The zero-order valence-electron chi connectivity index (χ0n) is 20.0. The van der Waals surface area contributed by atoms with Crippen molar-refractivity contribution in [1.29, 1.82) is 0 Å². The summed E-state index contributed by atoms with van der Waals surface area (Å²) in [6.07, 6.45) is -1.60. The first-order chi connectivity index (χ1) is 16.4. The molecule has 1 aliphatic carbocycles. The summed E-state index contributed by atoms with van der Waals surface area (Å²) in [5.41, 5.74) is 5.46. The minimum absolute atomic E-state index is 0.0368. The highest BCUT2D eigenvalue weighted by Gasteiger charge is 2.47. The third-order valence-electron chi connectivity index (χ3n) is 7.19. The molecular formula is C25H30F3N3O3S. The third kappa shape index (κ3) is 5.47. The average molecular weight is 510 g/mol. The quantitative estimate of drug-likeness (QED) is 0.655. The number of carbonyl (C=O) groups excluding carboxylic acids is 1. The molecule has 0 radical (unpaired) electrons. The summed E-state index contributed by atoms with van der Waals surface area (Å²) in [5, 5.41) is 3.38. The van der Waals surface area contributed by atoms with Crippen molar-refractivity contribution in [3.8, 4) is 0 Å². The highest BCUT2D eigenvalue weighted by atomic mass is 32.2. The van der Waals surface area contributed by atoms with Gasteiger partial charge in [0.2, 0.25) is 5.91 Å². The van der Waals surface area contributed by atoms with Gasteiger partial charge in [0, 0.05) is 19.0 Å². The molecular weight excluding hydrogens is 479 g/mol. The Morgan fingerprint density at radius 2 is 1.63 bits per heavy atom. The second kappa shape index (κ2) is 9.44. The van der Waals surface area contributed by atoms with E-state index in [0.717, 1.165) is 19.9 Å². The largest absolute Gasteiger partial charge is 0.414 e. The smallest absolute Gasteiger partial charge is 0.380 e. The molecule has 1 unspecified atom stereocenters. The maximum atomic E-state index is 14.0. The van der Waals surface area contributed by atoms with Gasteiger partial charge in [-0.25, -0.2) is 8.42 Å². The van der Waals surface area contributed by atoms with Crippen LogP contribution in [0.3, 0.4) is 0 Å². The Bertz CT molecular complexity index is 1170. The van der Waals surface area contributed by atoms with Gasteiger partial charge in [-0.3, -0.25) is 9.78 Å². The first kappa shape index (κ1) is 25.5. The fraction of sp³-hybridized carbons (Fsp3) is 0.520. The molecule has 1 aromatic heterocycles. The molecule has 1 fully saturated rings. The Morgan fingerprint density at radius 3 is 2.11 bits per heavy atom. The van der Waals surface area contributed by atoms with Gasteiger partial charge < -0.3 is 10.2 Å². The van der Waals surface area contributed by atoms with Gasteiger partial charge in [-0.1, -0.05) is 12.1 Å². The number of aryl methyl sites for hydroxylation is 2. The second-order valence-electron chi connectivity index (χ2n) is 9.70. The molecule has 1 aliphatic heterocycles. The van der Waals surface area contributed by atoms with Crippen LogP contribution >= 0.6 is 0 Å². The number of aromatic nitrogens is 1. The number of pyridine rings is 1. The van der Waals surface area contributed by atoms with Gasteiger partial charge in [0.1, 0.15) is 9.84 Å². The summed E-state index contributed by atoms with van der Waals surface area (Å²) < 4.78 is 65.3. The van der Waals surface area contributed by atoms with Crippen LogP contribution in [0.2, 0.25) is 0 Å². The van der Waals surface area contributed by atoms with E-state index in [1.807, 2.05) is 0 Å². The van der Waals surface area contributed by atoms with Gasteiger partial charge in [-0.05, 0) is 73.9 Å². The lowest BCUT2D eigenvalue weighted by Crippen LogP contribution is -2.44. The Kier molecular flexibility index (Phi) is 6.87. The van der Waals surface area contributed by atoms with Crippen LogP contribution in [-0.4, -0.2) is 55.0 Å². The van der Waals surface area contributed by atoms with Gasteiger partial charge in [0.15, 0.2) is 6.04 Å². The predicted octanol–water partition coefficient (Wildman–Crippen LogP) is 4.16. The topological polar surface area (TPSA) is 79.4 Å². The van der Waals surface area contributed by atoms with E-state index < -0.39 is 33.9 Å². The number of hydrogen-bond donors (Lipinski definition) is 1. The van der Waals surface area contributed by atoms with Crippen LogP contribution < -0.4 is 5.32 Å². The number of nitrogens with one attached hydrogen (secondary N) is 1. The maximum absolute atomic E-state index is 14.0. The lowest BCUT2D eigenvalue weighted by molar-refractivity contribution is -0.191. The van der Waals surface area contributed by atoms with Gasteiger partial charge in [-0.15, -0.1) is 0 Å². The number of amides is 1. The SMILES string of the molecule is Cc1ccc(C)c2c1CC(Nc1ccc(C(N(C)C(=O)C3CCS(=O)(=O)CC3)C(F)(F)F)nc1)C2. The minimum Gasteiger partial charge on any atom is -0.380 e. The molecule has 6 nitrogen and oxygen atoms in total. The van der Waals surface area contributed by atoms with Crippen molar-refractivity contribution >= 4 is 21.4 Å². The van der Waals surface area contributed by atoms with Crippen molar-refractivity contribution in [3.05, 3.63) is 58.4 Å². The van der Waals surface area contributed by atoms with E-state index >= 15 is 0 Å². The molecule has 2 aliphatic rings. The standard InChI is InChI=1S/C25H30F3N3O3S/c1-15-4-5-16(2)21-13-19(12-20(15)21)30-18-6-7-22(29-14-18)23(25(26,27)28)31(3)24(32)17-8-10-35(33,34)11-9-17/h4-7,14,17,19,23,30H,8-13H2,1-3H3. The van der Waals surface area contributed by atoms with Crippen LogP contribution in [0.5, 0.6) is 0 Å². The first-order valence-corrected chi connectivity index (χ1v) is 13.5. The molecule has 190 valence electrons. The van der Waals surface area contributed by atoms with Gasteiger partial charge >= 0.3 is 6.18 Å². The second-order valence-corrected chi connectivity index (χ2v) is 12.0. The Morgan fingerprint density at radius 1 is 1.06 bits per heavy atom. The molecule has 1 aromatic carbocycles. The minimum atomic E-state index is -4.73. The van der Waals surface area contributed by atoms with E-state index in [0.29, 0.717) is 10.6 Å². The number of sulfone groups is 1. The van der Waals surface area contributed by atoms with E-state index in [4.69, 9.17) is 0 Å². The van der Waals surface area contributed by atoms with E-state index in [1.54, 1.807) is 6.07 Å². The molecule has 1 N–H and O–H groups in total. The van der Waals surface area contributed by atoms with E-state index in [9.17, 15) is 26.4 Å². The molecule has 2 aromatic rings. The van der Waals surface area contributed by atoms with Crippen molar-refractivity contribution in [1.82, 2.24) is 9.88 Å². The first-order valence-electron chi connectivity index (χ1n) is 11.7. The summed E-state index contributed by atoms with van der Waals surface area (Å²) >= 11 is 0. The summed E-state index contributed by atoms with van der Waals surface area (Å²) in [4.78, 5) is 17.6. The molecule has 2 heterocycles. The fourth-order valence-electron chi connectivity index (χ4n) is 5.19. The molecule has 1 saturated heterocycles. The number of carbonyl (C=O) groups is 1. The van der Waals surface area contributed by atoms with Crippen LogP contribution in [-0.2, 0) is 27.5 Å². The number of nitrogens with zero attached hydrogens (tertiary/aromatic N) is 2. The zero-order valence-corrected chi connectivity index (χ0v) is 20.8. The molecule has 1 amide bonds. The van der Waals surface area contributed by atoms with Crippen LogP contribution in [0, 0.1) is 19.8 Å². The summed E-state index contributed by atoms with van der Waals surface area (Å²) in [7, 11) is -2.12. The number of fused-ring (bicyclic) bond motifs is 1. The van der Waals surface area contributed by atoms with Crippen LogP contribution in [0.4, 0.5) is 18.9 Å². The lowest BCUT2D eigenvalue weighted by atomic mass is 9.99. The van der Waals surface area contributed by atoms with E-state index in [1.165, 1.54) is 34.5 Å². The summed E-state index contributed by atoms with van der Waals surface area (Å²) in [6, 6.07) is 5.00. The van der Waals surface area contributed by atoms with Crippen molar-refractivity contribution in [2.24, 2.45) is 5.92 Å². The highest BCUT2D eigenvalue weighted by molar-refractivity contribution is 7.91. The van der Waals surface area contributed by atoms with Gasteiger partial charge in [0.05, 0.1) is 29.1 Å².